The Kier molecular flexibility index (Phi) is 9.11. The van der Waals surface area contributed by atoms with Gasteiger partial charge in [0.15, 0.2) is 23.0 Å². The molecule has 73 heavy (non-hydrogen) atoms. The lowest BCUT2D eigenvalue weighted by atomic mass is 9.42. The first-order valence-electron chi connectivity index (χ1n) is 26.4. The molecule has 0 unspecified atom stereocenters. The summed E-state index contributed by atoms with van der Waals surface area (Å²) in [5.41, 5.74) is 23.8. The normalized spacial score (nSPS) is 16.7. The molecule has 3 heterocycles. The van der Waals surface area contributed by atoms with Crippen molar-refractivity contribution in [2.45, 2.75) is 104 Å². The van der Waals surface area contributed by atoms with Crippen LogP contribution in [0.2, 0.25) is 0 Å². The minimum Gasteiger partial charge on any atom is -0.450 e. The zero-order valence-electron chi connectivity index (χ0n) is 43.8. The van der Waals surface area contributed by atoms with E-state index in [0.717, 1.165) is 46.9 Å². The van der Waals surface area contributed by atoms with E-state index in [1.165, 1.54) is 100 Å². The number of rotatable bonds is 3. The molecule has 0 aromatic heterocycles. The molecule has 3 aliphatic heterocycles. The zero-order valence-corrected chi connectivity index (χ0v) is 43.8. The monoisotopic (exact) mass is 948 g/mol. The first-order chi connectivity index (χ1) is 35.0. The van der Waals surface area contributed by atoms with Crippen molar-refractivity contribution in [3.05, 3.63) is 197 Å². The van der Waals surface area contributed by atoms with Crippen molar-refractivity contribution in [3.63, 3.8) is 0 Å². The first kappa shape index (κ1) is 44.2. The Morgan fingerprint density at radius 2 is 1.14 bits per heavy atom. The molecule has 0 amide bonds. The number of benzene rings is 9. The van der Waals surface area contributed by atoms with E-state index >= 15 is 0 Å². The Morgan fingerprint density at radius 3 is 1.88 bits per heavy atom. The molecule has 9 aromatic carbocycles. The number of hydrogen-bond donors (Lipinski definition) is 0. The highest BCUT2D eigenvalue weighted by atomic mass is 16.6. The summed E-state index contributed by atoms with van der Waals surface area (Å²) in [6, 6.07) is 61.7. The van der Waals surface area contributed by atoms with E-state index in [0.29, 0.717) is 5.75 Å². The number of fused-ring (bicyclic) bond motifs is 13. The Morgan fingerprint density at radius 1 is 0.493 bits per heavy atom. The van der Waals surface area contributed by atoms with Gasteiger partial charge in [-0.3, -0.25) is 0 Å². The predicted octanol–water partition coefficient (Wildman–Crippen LogP) is 17.4. The number of para-hydroxylation sites is 2. The molecule has 0 atom stereocenters. The van der Waals surface area contributed by atoms with Crippen molar-refractivity contribution >= 4 is 57.0 Å². The fraction of sp³-hybridized carbons (Fsp3) is 0.235. The highest BCUT2D eigenvalue weighted by Gasteiger charge is 2.51. The fourth-order valence-corrected chi connectivity index (χ4v) is 13.6. The molecule has 0 saturated carbocycles. The third-order valence-corrected chi connectivity index (χ3v) is 17.6. The van der Waals surface area contributed by atoms with E-state index in [1.54, 1.807) is 0 Å². The van der Waals surface area contributed by atoms with Gasteiger partial charge in [-0.1, -0.05) is 172 Å². The number of anilines is 5. The van der Waals surface area contributed by atoms with Crippen LogP contribution >= 0.6 is 0 Å². The molecule has 0 radical (unpaired) electrons. The van der Waals surface area contributed by atoms with E-state index in [-0.39, 0.29) is 28.5 Å². The van der Waals surface area contributed by atoms with Gasteiger partial charge in [-0.25, -0.2) is 0 Å². The van der Waals surface area contributed by atoms with Gasteiger partial charge in [0.1, 0.15) is 0 Å². The fourth-order valence-electron chi connectivity index (χ4n) is 13.6. The summed E-state index contributed by atoms with van der Waals surface area (Å²) in [5, 5.41) is 2.48. The van der Waals surface area contributed by atoms with E-state index < -0.39 is 0 Å². The molecule has 5 heteroatoms. The van der Waals surface area contributed by atoms with Crippen molar-refractivity contribution in [1.82, 2.24) is 0 Å². The summed E-state index contributed by atoms with van der Waals surface area (Å²) in [5.74, 6) is 2.87. The SMILES string of the molecule is Cc1cc2c(cc1N1c3cc4c(cc3B3c5c1cc1ccccc1c5-c1c(ccc5c1C(C)(C)c1ccccc1-5)N3c1ccc(C(C)(C)C)cc1-c1ccccc1)Oc1ccccc1O4)C(C)(C)CCC2(C)C. The molecule has 5 aliphatic rings. The molecule has 2 aliphatic carbocycles. The standard InChI is InChI=1S/C68H61BN2O2/c1-40-34-49-50(67(7,8)33-32-66(49,5)6)37-54(40)70-55-39-60-59(72-57-26-18-19-27-58(57)73-60)38-51(55)69-64-56(70)35-42-22-14-15-23-44(42)61(64)62-53(31-29-46-45-24-16-17-25-48(45)68(9,10)63(46)62)71(69)52-30-28-43(65(2,3)4)36-47(52)41-20-12-11-13-21-41/h11-31,34-39H,32-33H2,1-10H3. The third-order valence-electron chi connectivity index (χ3n) is 17.6. The van der Waals surface area contributed by atoms with Gasteiger partial charge in [0, 0.05) is 51.0 Å². The topological polar surface area (TPSA) is 24.9 Å². The Bertz CT molecular complexity index is 3860. The maximum absolute atomic E-state index is 6.95. The lowest BCUT2D eigenvalue weighted by Crippen LogP contribution is -2.62. The summed E-state index contributed by atoms with van der Waals surface area (Å²) >= 11 is 0. The quantitative estimate of drug-likeness (QED) is 0.165. The van der Waals surface area contributed by atoms with Crippen molar-refractivity contribution in [1.29, 1.82) is 0 Å². The summed E-state index contributed by atoms with van der Waals surface area (Å²) in [4.78, 5) is 5.33. The van der Waals surface area contributed by atoms with Crippen molar-refractivity contribution in [3.8, 4) is 56.4 Å². The largest absolute Gasteiger partial charge is 0.450 e. The van der Waals surface area contributed by atoms with Gasteiger partial charge in [-0.15, -0.1) is 0 Å². The van der Waals surface area contributed by atoms with Gasteiger partial charge in [0.2, 0.25) is 0 Å². The molecular weight excluding hydrogens is 888 g/mol. The number of hydrogen-bond acceptors (Lipinski definition) is 4. The zero-order chi connectivity index (χ0) is 50.1. The molecule has 0 N–H and O–H groups in total. The summed E-state index contributed by atoms with van der Waals surface area (Å²) in [6.45, 7) is 23.7. The molecule has 4 nitrogen and oxygen atoms in total. The van der Waals surface area contributed by atoms with Gasteiger partial charge in [0.25, 0.3) is 0 Å². The Balaban J connectivity index is 1.16. The highest BCUT2D eigenvalue weighted by Crippen LogP contribution is 2.60. The smallest absolute Gasteiger partial charge is 0.333 e. The number of nitrogens with zero attached hydrogens (tertiary/aromatic N) is 2. The maximum atomic E-state index is 6.95. The molecule has 14 rings (SSSR count). The summed E-state index contributed by atoms with van der Waals surface area (Å²) < 4.78 is 13.9. The van der Waals surface area contributed by atoms with Gasteiger partial charge in [-0.05, 0) is 162 Å². The minimum absolute atomic E-state index is 0.00226. The van der Waals surface area contributed by atoms with Crippen LogP contribution < -0.4 is 30.1 Å². The summed E-state index contributed by atoms with van der Waals surface area (Å²) in [7, 11) is 0. The van der Waals surface area contributed by atoms with Crippen LogP contribution in [0.1, 0.15) is 109 Å². The van der Waals surface area contributed by atoms with Crippen LogP contribution in [-0.4, -0.2) is 6.85 Å². The first-order valence-corrected chi connectivity index (χ1v) is 26.4. The van der Waals surface area contributed by atoms with E-state index in [4.69, 9.17) is 9.47 Å². The third kappa shape index (κ3) is 6.27. The van der Waals surface area contributed by atoms with Crippen LogP contribution in [0.25, 0.3) is 44.2 Å². The van der Waals surface area contributed by atoms with Gasteiger partial charge < -0.3 is 19.2 Å². The van der Waals surface area contributed by atoms with Crippen LogP contribution in [0.4, 0.5) is 28.4 Å². The molecule has 0 fully saturated rings. The maximum Gasteiger partial charge on any atom is 0.333 e. The van der Waals surface area contributed by atoms with Gasteiger partial charge in [-0.2, -0.15) is 0 Å². The second-order valence-electron chi connectivity index (χ2n) is 24.4. The molecule has 9 aromatic rings. The average Bonchev–Trinajstić information content (AvgIpc) is 3.62. The highest BCUT2D eigenvalue weighted by molar-refractivity contribution is 6.94. The summed E-state index contributed by atoms with van der Waals surface area (Å²) in [6.07, 6.45) is 2.29. The van der Waals surface area contributed by atoms with Crippen LogP contribution in [0.3, 0.4) is 0 Å². The molecule has 0 bridgehead atoms. The lowest BCUT2D eigenvalue weighted by molar-refractivity contribution is 0.332. The molecular formula is C68H61BN2O2. The molecule has 358 valence electrons. The lowest BCUT2D eigenvalue weighted by Gasteiger charge is -2.48. The Labute approximate surface area is 431 Å². The van der Waals surface area contributed by atoms with E-state index in [1.807, 2.05) is 24.3 Å². The van der Waals surface area contributed by atoms with Crippen LogP contribution in [0.15, 0.2) is 164 Å². The van der Waals surface area contributed by atoms with Crippen LogP contribution in [0, 0.1) is 6.92 Å². The minimum atomic E-state index is -0.296. The Hall–Kier alpha value is -7.50. The van der Waals surface area contributed by atoms with Crippen molar-refractivity contribution in [2.24, 2.45) is 0 Å². The second kappa shape index (κ2) is 15.0. The van der Waals surface area contributed by atoms with Crippen molar-refractivity contribution < 1.29 is 9.47 Å². The predicted molar refractivity (Wildman–Crippen MR) is 306 cm³/mol. The number of ether oxygens (including phenoxy) is 2. The second-order valence-corrected chi connectivity index (χ2v) is 24.4. The van der Waals surface area contributed by atoms with Crippen LogP contribution in [-0.2, 0) is 21.7 Å². The van der Waals surface area contributed by atoms with Crippen molar-refractivity contribution in [2.75, 3.05) is 9.71 Å². The number of aryl methyl sites for hydroxylation is 1. The van der Waals surface area contributed by atoms with Crippen LogP contribution in [0.5, 0.6) is 23.0 Å². The molecule has 0 spiro atoms. The van der Waals surface area contributed by atoms with Gasteiger partial charge in [0.05, 0.1) is 0 Å². The average molecular weight is 949 g/mol. The van der Waals surface area contributed by atoms with E-state index in [9.17, 15) is 0 Å². The molecule has 0 saturated heterocycles. The van der Waals surface area contributed by atoms with Gasteiger partial charge >= 0.3 is 6.85 Å². The van der Waals surface area contributed by atoms with E-state index in [2.05, 4.69) is 218 Å².